The number of aromatic nitrogens is 2. The van der Waals surface area contributed by atoms with E-state index in [4.69, 9.17) is 23.2 Å². The number of allylic oxidation sites excluding steroid dienone is 2. The van der Waals surface area contributed by atoms with Crippen LogP contribution in [0.25, 0.3) is 0 Å². The molecule has 1 aliphatic carbocycles. The van der Waals surface area contributed by atoms with Crippen LogP contribution >= 0.6 is 39.1 Å². The van der Waals surface area contributed by atoms with Gasteiger partial charge in [-0.25, -0.2) is 4.79 Å². The number of ketones is 1. The Labute approximate surface area is 183 Å². The number of hydrogen-bond donors (Lipinski definition) is 3. The van der Waals surface area contributed by atoms with Crippen molar-refractivity contribution in [1.82, 2.24) is 15.3 Å². The number of carboxylic acid groups (broad SMARTS) is 1. The zero-order chi connectivity index (χ0) is 21.1. The number of Topliss-reactive ketones (excluding diaryl/α,β-unsaturated/α-hetero) is 1. The molecule has 0 radical (unpaired) electrons. The van der Waals surface area contributed by atoms with Gasteiger partial charge in [0.05, 0.1) is 38.4 Å². The average molecular weight is 500 g/mol. The number of carbonyl (C=O) groups is 3. The van der Waals surface area contributed by atoms with Gasteiger partial charge in [0.1, 0.15) is 6.04 Å². The van der Waals surface area contributed by atoms with E-state index in [2.05, 4.69) is 36.5 Å². The normalized spacial score (nSPS) is 14.2. The molecular weight excluding hydrogens is 487 g/mol. The quantitative estimate of drug-likeness (QED) is 0.534. The fraction of sp³-hybridized carbons (Fsp3) is 0.167. The van der Waals surface area contributed by atoms with E-state index in [1.54, 1.807) is 12.1 Å². The summed E-state index contributed by atoms with van der Waals surface area (Å²) in [4.78, 5) is 43.1. The summed E-state index contributed by atoms with van der Waals surface area (Å²) < 4.78 is 0.364. The predicted molar refractivity (Wildman–Crippen MR) is 110 cm³/mol. The molecule has 0 aromatic carbocycles. The molecule has 1 aliphatic rings. The molecule has 29 heavy (non-hydrogen) atoms. The maximum absolute atomic E-state index is 12.4. The average Bonchev–Trinajstić information content (AvgIpc) is 2.67. The number of rotatable bonds is 7. The number of carboxylic acids is 1. The van der Waals surface area contributed by atoms with Gasteiger partial charge in [0.25, 0.3) is 5.91 Å². The van der Waals surface area contributed by atoms with Crippen molar-refractivity contribution in [3.8, 4) is 0 Å². The van der Waals surface area contributed by atoms with Crippen LogP contribution in [0.2, 0.25) is 10.0 Å². The van der Waals surface area contributed by atoms with Crippen LogP contribution in [-0.4, -0.2) is 38.8 Å². The summed E-state index contributed by atoms with van der Waals surface area (Å²) in [6.45, 7) is 0. The molecular formula is C18H13BrCl2N4O4. The highest BCUT2D eigenvalue weighted by molar-refractivity contribution is 9.12. The molecule has 0 saturated carbocycles. The molecule has 1 amide bonds. The van der Waals surface area contributed by atoms with Gasteiger partial charge in [0.2, 0.25) is 0 Å². The Balaban J connectivity index is 1.67. The number of carbonyl (C=O) groups excluding carboxylic acids is 2. The summed E-state index contributed by atoms with van der Waals surface area (Å²) in [5.74, 6) is -1.67. The molecule has 0 fully saturated rings. The minimum absolute atomic E-state index is 0.0794. The third-order valence-electron chi connectivity index (χ3n) is 4.07. The van der Waals surface area contributed by atoms with Crippen LogP contribution in [0.1, 0.15) is 22.5 Å². The smallest absolute Gasteiger partial charge is 0.326 e. The molecule has 0 bridgehead atoms. The van der Waals surface area contributed by atoms with Gasteiger partial charge in [-0.15, -0.1) is 0 Å². The zero-order valence-corrected chi connectivity index (χ0v) is 17.7. The molecule has 2 aromatic heterocycles. The van der Waals surface area contributed by atoms with Gasteiger partial charge < -0.3 is 15.7 Å². The largest absolute Gasteiger partial charge is 0.480 e. The highest BCUT2D eigenvalue weighted by Gasteiger charge is 2.29. The second-order valence-corrected chi connectivity index (χ2v) is 7.71. The highest BCUT2D eigenvalue weighted by Crippen LogP contribution is 2.27. The molecule has 0 spiro atoms. The first kappa shape index (κ1) is 21.2. The second-order valence-electron chi connectivity index (χ2n) is 6.10. The second kappa shape index (κ2) is 8.89. The van der Waals surface area contributed by atoms with Gasteiger partial charge in [-0.2, -0.15) is 0 Å². The maximum Gasteiger partial charge on any atom is 0.326 e. The number of aliphatic carboxylic acids is 1. The molecule has 150 valence electrons. The molecule has 8 nitrogen and oxygen atoms in total. The molecule has 0 aliphatic heterocycles. The number of nitrogens with zero attached hydrogens (tertiary/aromatic N) is 2. The van der Waals surface area contributed by atoms with Crippen molar-refractivity contribution in [1.29, 1.82) is 0 Å². The Bertz CT molecular complexity index is 1010. The van der Waals surface area contributed by atoms with E-state index in [0.29, 0.717) is 21.6 Å². The third-order valence-corrected chi connectivity index (χ3v) is 5.56. The Kier molecular flexibility index (Phi) is 6.51. The summed E-state index contributed by atoms with van der Waals surface area (Å²) in [5, 5.41) is 15.1. The number of halogens is 3. The van der Waals surface area contributed by atoms with E-state index >= 15 is 0 Å². The Morgan fingerprint density at radius 3 is 2.41 bits per heavy atom. The monoisotopic (exact) mass is 498 g/mol. The van der Waals surface area contributed by atoms with Crippen LogP contribution in [0, 0.1) is 0 Å². The van der Waals surface area contributed by atoms with Gasteiger partial charge in [-0.3, -0.25) is 19.6 Å². The lowest BCUT2D eigenvalue weighted by molar-refractivity contribution is -0.139. The van der Waals surface area contributed by atoms with Crippen LogP contribution in [0.3, 0.4) is 0 Å². The summed E-state index contributed by atoms with van der Waals surface area (Å²) >= 11 is 15.0. The third kappa shape index (κ3) is 4.92. The number of hydrogen-bond acceptors (Lipinski definition) is 6. The molecule has 0 saturated heterocycles. The Morgan fingerprint density at radius 2 is 1.90 bits per heavy atom. The number of amides is 1. The van der Waals surface area contributed by atoms with Gasteiger partial charge >= 0.3 is 5.97 Å². The highest BCUT2D eigenvalue weighted by atomic mass is 79.9. The van der Waals surface area contributed by atoms with E-state index < -0.39 is 17.9 Å². The van der Waals surface area contributed by atoms with Crippen LogP contribution < -0.4 is 10.6 Å². The summed E-state index contributed by atoms with van der Waals surface area (Å²) in [7, 11) is 0. The van der Waals surface area contributed by atoms with Crippen molar-refractivity contribution in [3.63, 3.8) is 0 Å². The fourth-order valence-electron chi connectivity index (χ4n) is 2.55. The van der Waals surface area contributed by atoms with Crippen LogP contribution in [0.5, 0.6) is 0 Å². The first-order chi connectivity index (χ1) is 13.8. The summed E-state index contributed by atoms with van der Waals surface area (Å²) in [6.07, 6.45) is 4.28. The molecule has 1 atom stereocenters. The molecule has 2 aromatic rings. The first-order valence-corrected chi connectivity index (χ1v) is 9.77. The fourth-order valence-corrected chi connectivity index (χ4v) is 3.48. The van der Waals surface area contributed by atoms with Gasteiger partial charge in [-0.1, -0.05) is 23.2 Å². The SMILES string of the molecule is O=C1CC(N[C@@H](Cc2ccc(NC(=O)c3c(Cl)cncc3Cl)cn2)C(=O)O)=C1Br. The van der Waals surface area contributed by atoms with Crippen molar-refractivity contribution in [2.75, 3.05) is 5.32 Å². The van der Waals surface area contributed by atoms with Crippen molar-refractivity contribution >= 4 is 62.5 Å². The Morgan fingerprint density at radius 1 is 1.21 bits per heavy atom. The van der Waals surface area contributed by atoms with Gasteiger partial charge in [0, 0.05) is 30.2 Å². The van der Waals surface area contributed by atoms with Crippen molar-refractivity contribution in [2.24, 2.45) is 0 Å². The topological polar surface area (TPSA) is 121 Å². The minimum Gasteiger partial charge on any atom is -0.480 e. The van der Waals surface area contributed by atoms with Crippen LogP contribution in [0.4, 0.5) is 5.69 Å². The van der Waals surface area contributed by atoms with E-state index in [1.807, 2.05) is 0 Å². The summed E-state index contributed by atoms with van der Waals surface area (Å²) in [5.41, 5.74) is 1.52. The molecule has 0 unspecified atom stereocenters. The van der Waals surface area contributed by atoms with Crippen molar-refractivity contribution < 1.29 is 19.5 Å². The van der Waals surface area contributed by atoms with E-state index in [1.165, 1.54) is 18.6 Å². The Hall–Kier alpha value is -2.49. The number of anilines is 1. The number of pyridine rings is 2. The van der Waals surface area contributed by atoms with E-state index in [0.717, 1.165) is 0 Å². The van der Waals surface area contributed by atoms with Crippen molar-refractivity contribution in [2.45, 2.75) is 18.9 Å². The molecule has 2 heterocycles. The zero-order valence-electron chi connectivity index (χ0n) is 14.6. The lowest BCUT2D eigenvalue weighted by Crippen LogP contribution is -2.41. The minimum atomic E-state index is -1.07. The van der Waals surface area contributed by atoms with Gasteiger partial charge in [0.15, 0.2) is 5.78 Å². The maximum atomic E-state index is 12.4. The molecule has 3 N–H and O–H groups in total. The summed E-state index contributed by atoms with van der Waals surface area (Å²) in [6, 6.07) is 2.23. The van der Waals surface area contributed by atoms with Gasteiger partial charge in [-0.05, 0) is 28.1 Å². The first-order valence-electron chi connectivity index (χ1n) is 8.22. The molecule has 11 heteroatoms. The van der Waals surface area contributed by atoms with E-state index in [9.17, 15) is 19.5 Å². The predicted octanol–water partition coefficient (Wildman–Crippen LogP) is 3.20. The lowest BCUT2D eigenvalue weighted by atomic mass is 10.0. The molecule has 3 rings (SSSR count). The standard InChI is InChI=1S/C18H13BrCl2N4O4/c19-16-12(4-14(16)26)25-13(18(28)29)3-8-1-2-9(5-23-8)24-17(27)15-10(20)6-22-7-11(15)21/h1-2,5-7,13,25H,3-4H2,(H,24,27)(H,28,29)/t13-/m0/s1. The number of nitrogens with one attached hydrogen (secondary N) is 2. The van der Waals surface area contributed by atoms with Crippen LogP contribution in [0.15, 0.2) is 40.9 Å². The lowest BCUT2D eigenvalue weighted by Gasteiger charge is -2.24. The van der Waals surface area contributed by atoms with Crippen molar-refractivity contribution in [3.05, 3.63) is 62.2 Å². The van der Waals surface area contributed by atoms with Crippen LogP contribution in [-0.2, 0) is 16.0 Å². The van der Waals surface area contributed by atoms with E-state index in [-0.39, 0.29) is 34.2 Å².